The standard InChI is InChI=1S/C16H15Cl2NO6/c1-4-23-15(22)19-14-12(24-8(2)20)13(21)16(3,25-14)10-7-9(17)5-6-11(10)18/h5-7H,4H2,1-3H3,(H,19,22). The summed E-state index contributed by atoms with van der Waals surface area (Å²) in [5.74, 6) is -2.23. The van der Waals surface area contributed by atoms with Crippen LogP contribution in [0.3, 0.4) is 0 Å². The fourth-order valence-corrected chi connectivity index (χ4v) is 2.71. The van der Waals surface area contributed by atoms with Gasteiger partial charge in [0.1, 0.15) is 0 Å². The molecule has 1 aromatic rings. The van der Waals surface area contributed by atoms with Gasteiger partial charge in [0.25, 0.3) is 5.78 Å². The number of hydrogen-bond donors (Lipinski definition) is 1. The van der Waals surface area contributed by atoms with E-state index in [0.29, 0.717) is 5.02 Å². The van der Waals surface area contributed by atoms with Crippen LogP contribution in [0.2, 0.25) is 10.0 Å². The van der Waals surface area contributed by atoms with Crippen LogP contribution in [-0.4, -0.2) is 24.5 Å². The number of halogens is 2. The maximum Gasteiger partial charge on any atom is 0.414 e. The van der Waals surface area contributed by atoms with E-state index in [1.54, 1.807) is 13.0 Å². The minimum atomic E-state index is -1.64. The summed E-state index contributed by atoms with van der Waals surface area (Å²) in [6.07, 6.45) is -0.864. The second-order valence-corrected chi connectivity index (χ2v) is 6.03. The number of benzene rings is 1. The zero-order valence-corrected chi connectivity index (χ0v) is 15.2. The van der Waals surface area contributed by atoms with Crippen molar-refractivity contribution in [1.82, 2.24) is 5.32 Å². The summed E-state index contributed by atoms with van der Waals surface area (Å²) < 4.78 is 15.3. The van der Waals surface area contributed by atoms with Gasteiger partial charge in [-0.15, -0.1) is 0 Å². The third-order valence-corrected chi connectivity index (χ3v) is 3.90. The van der Waals surface area contributed by atoms with Crippen molar-refractivity contribution in [3.05, 3.63) is 45.5 Å². The molecule has 1 atom stereocenters. The Morgan fingerprint density at radius 3 is 2.60 bits per heavy atom. The van der Waals surface area contributed by atoms with Gasteiger partial charge in [-0.2, -0.15) is 0 Å². The first-order valence-electron chi connectivity index (χ1n) is 7.24. The highest BCUT2D eigenvalue weighted by Gasteiger charge is 2.51. The smallest absolute Gasteiger partial charge is 0.414 e. The lowest BCUT2D eigenvalue weighted by Gasteiger charge is -2.24. The van der Waals surface area contributed by atoms with Gasteiger partial charge in [-0.05, 0) is 32.0 Å². The number of Topliss-reactive ketones (excluding diaryl/α,β-unsaturated/α-hetero) is 1. The molecule has 1 amide bonds. The highest BCUT2D eigenvalue weighted by Crippen LogP contribution is 2.42. The molecular formula is C16H15Cl2NO6. The van der Waals surface area contributed by atoms with Gasteiger partial charge in [0.15, 0.2) is 0 Å². The normalized spacial score (nSPS) is 19.5. The number of esters is 1. The average Bonchev–Trinajstić information content (AvgIpc) is 2.75. The maximum absolute atomic E-state index is 12.8. The Labute approximate surface area is 153 Å². The van der Waals surface area contributed by atoms with Gasteiger partial charge in [0.2, 0.25) is 17.2 Å². The zero-order chi connectivity index (χ0) is 18.8. The average molecular weight is 388 g/mol. The van der Waals surface area contributed by atoms with E-state index >= 15 is 0 Å². The van der Waals surface area contributed by atoms with E-state index in [9.17, 15) is 14.4 Å². The molecule has 0 aliphatic carbocycles. The number of ether oxygens (including phenoxy) is 3. The van der Waals surface area contributed by atoms with E-state index in [-0.39, 0.29) is 23.1 Å². The van der Waals surface area contributed by atoms with Crippen molar-refractivity contribution in [3.8, 4) is 0 Å². The molecule has 0 saturated carbocycles. The zero-order valence-electron chi connectivity index (χ0n) is 13.6. The molecular weight excluding hydrogens is 373 g/mol. The van der Waals surface area contributed by atoms with E-state index in [1.807, 2.05) is 0 Å². The Morgan fingerprint density at radius 1 is 1.32 bits per heavy atom. The van der Waals surface area contributed by atoms with E-state index in [4.69, 9.17) is 37.4 Å². The molecule has 1 unspecified atom stereocenters. The third-order valence-electron chi connectivity index (χ3n) is 3.33. The van der Waals surface area contributed by atoms with E-state index in [2.05, 4.69) is 5.32 Å². The van der Waals surface area contributed by atoms with E-state index in [1.165, 1.54) is 19.1 Å². The molecule has 0 fully saturated rings. The number of nitrogens with one attached hydrogen (secondary N) is 1. The van der Waals surface area contributed by atoms with Crippen molar-refractivity contribution < 1.29 is 28.6 Å². The molecule has 134 valence electrons. The lowest BCUT2D eigenvalue weighted by molar-refractivity contribution is -0.142. The molecule has 7 nitrogen and oxygen atoms in total. The molecule has 0 radical (unpaired) electrons. The number of rotatable bonds is 4. The lowest BCUT2D eigenvalue weighted by atomic mass is 9.91. The molecule has 1 N–H and O–H groups in total. The number of carbonyl (C=O) groups is 3. The van der Waals surface area contributed by atoms with Crippen LogP contribution < -0.4 is 5.32 Å². The van der Waals surface area contributed by atoms with Crippen molar-refractivity contribution >= 4 is 41.0 Å². The minimum Gasteiger partial charge on any atom is -0.456 e. The fourth-order valence-electron chi connectivity index (χ4n) is 2.24. The van der Waals surface area contributed by atoms with Crippen LogP contribution in [0.15, 0.2) is 29.8 Å². The highest BCUT2D eigenvalue weighted by molar-refractivity contribution is 6.34. The van der Waals surface area contributed by atoms with Gasteiger partial charge in [0.05, 0.1) is 6.61 Å². The fraction of sp³-hybridized carbons (Fsp3) is 0.312. The summed E-state index contributed by atoms with van der Waals surface area (Å²) in [6.45, 7) is 4.26. The van der Waals surface area contributed by atoms with Crippen LogP contribution in [0.5, 0.6) is 0 Å². The molecule has 0 aromatic heterocycles. The van der Waals surface area contributed by atoms with Gasteiger partial charge < -0.3 is 14.2 Å². The summed E-state index contributed by atoms with van der Waals surface area (Å²) in [5, 5.41) is 2.80. The molecule has 0 saturated heterocycles. The number of carbonyl (C=O) groups excluding carboxylic acids is 3. The third kappa shape index (κ3) is 3.88. The van der Waals surface area contributed by atoms with Gasteiger partial charge in [-0.3, -0.25) is 14.9 Å². The Morgan fingerprint density at radius 2 is 2.00 bits per heavy atom. The van der Waals surface area contributed by atoms with Crippen molar-refractivity contribution in [1.29, 1.82) is 0 Å². The molecule has 0 bridgehead atoms. The van der Waals surface area contributed by atoms with Crippen molar-refractivity contribution in [2.75, 3.05) is 6.61 Å². The molecule has 0 spiro atoms. The predicted octanol–water partition coefficient (Wildman–Crippen LogP) is 3.29. The first-order chi connectivity index (χ1) is 11.7. The number of alkyl carbamates (subject to hydrolysis) is 1. The Kier molecular flexibility index (Phi) is 5.59. The molecule has 25 heavy (non-hydrogen) atoms. The van der Waals surface area contributed by atoms with Crippen molar-refractivity contribution in [3.63, 3.8) is 0 Å². The first-order valence-corrected chi connectivity index (χ1v) is 8.00. The highest BCUT2D eigenvalue weighted by atomic mass is 35.5. The molecule has 1 aliphatic rings. The second-order valence-electron chi connectivity index (χ2n) is 5.19. The van der Waals surface area contributed by atoms with Crippen LogP contribution in [0.25, 0.3) is 0 Å². The second kappa shape index (κ2) is 7.33. The topological polar surface area (TPSA) is 90.9 Å². The lowest BCUT2D eigenvalue weighted by Crippen LogP contribution is -2.33. The molecule has 9 heteroatoms. The van der Waals surface area contributed by atoms with Crippen LogP contribution >= 0.6 is 23.2 Å². The van der Waals surface area contributed by atoms with E-state index in [0.717, 1.165) is 6.92 Å². The van der Waals surface area contributed by atoms with Crippen LogP contribution in [-0.2, 0) is 29.4 Å². The van der Waals surface area contributed by atoms with Gasteiger partial charge in [-0.25, -0.2) is 4.79 Å². The molecule has 1 aliphatic heterocycles. The quantitative estimate of drug-likeness (QED) is 0.797. The summed E-state index contributed by atoms with van der Waals surface area (Å²) in [4.78, 5) is 35.8. The molecule has 1 aromatic carbocycles. The summed E-state index contributed by atoms with van der Waals surface area (Å²) in [7, 11) is 0. The summed E-state index contributed by atoms with van der Waals surface area (Å²) in [5.41, 5.74) is -1.38. The summed E-state index contributed by atoms with van der Waals surface area (Å²) >= 11 is 12.1. The monoisotopic (exact) mass is 387 g/mol. The molecule has 1 heterocycles. The van der Waals surface area contributed by atoms with Gasteiger partial charge in [-0.1, -0.05) is 23.2 Å². The summed E-state index contributed by atoms with van der Waals surface area (Å²) in [6, 6.07) is 4.51. The van der Waals surface area contributed by atoms with Gasteiger partial charge in [0, 0.05) is 22.5 Å². The van der Waals surface area contributed by atoms with Gasteiger partial charge >= 0.3 is 12.1 Å². The number of ketones is 1. The van der Waals surface area contributed by atoms with Crippen LogP contribution in [0.1, 0.15) is 26.3 Å². The number of amides is 1. The van der Waals surface area contributed by atoms with E-state index < -0.39 is 29.2 Å². The maximum atomic E-state index is 12.8. The van der Waals surface area contributed by atoms with Crippen molar-refractivity contribution in [2.45, 2.75) is 26.4 Å². The largest absolute Gasteiger partial charge is 0.456 e. The predicted molar refractivity (Wildman–Crippen MR) is 88.9 cm³/mol. The van der Waals surface area contributed by atoms with Crippen LogP contribution in [0, 0.1) is 0 Å². The van der Waals surface area contributed by atoms with Crippen molar-refractivity contribution in [2.24, 2.45) is 0 Å². The Bertz CT molecular complexity index is 776. The SMILES string of the molecule is CCOC(=O)NC1=C(OC(C)=O)C(=O)C(C)(c2cc(Cl)ccc2Cl)O1. The Hall–Kier alpha value is -2.25. The number of hydrogen-bond acceptors (Lipinski definition) is 6. The minimum absolute atomic E-state index is 0.105. The molecule has 2 rings (SSSR count). The Balaban J connectivity index is 2.45. The van der Waals surface area contributed by atoms with Crippen LogP contribution in [0.4, 0.5) is 4.79 Å². The first kappa shape index (κ1) is 19.1.